The molecule has 0 aliphatic carbocycles. The van der Waals surface area contributed by atoms with Crippen molar-refractivity contribution in [2.24, 2.45) is 0 Å². The molecule has 0 spiro atoms. The fourth-order valence-corrected chi connectivity index (χ4v) is 2.44. The lowest BCUT2D eigenvalue weighted by atomic mass is 10.1. The number of nitrogens with zero attached hydrogens (tertiary/aromatic N) is 1. The monoisotopic (exact) mass is 343 g/mol. The molecule has 1 heterocycles. The molecule has 1 aromatic heterocycles. The molecule has 0 atom stereocenters. The number of hydrogen-bond acceptors (Lipinski definition) is 2. The summed E-state index contributed by atoms with van der Waals surface area (Å²) in [6, 6.07) is 2.92. The molecule has 0 saturated heterocycles. The maximum atomic E-state index is 13.9. The van der Waals surface area contributed by atoms with Crippen molar-refractivity contribution in [1.29, 1.82) is 0 Å². The van der Waals surface area contributed by atoms with E-state index in [2.05, 4.69) is 15.9 Å². The molecule has 20 heavy (non-hydrogen) atoms. The van der Waals surface area contributed by atoms with Crippen LogP contribution >= 0.6 is 15.9 Å². The molecule has 0 aliphatic rings. The van der Waals surface area contributed by atoms with E-state index in [4.69, 9.17) is 0 Å². The first-order valence-electron chi connectivity index (χ1n) is 6.08. The van der Waals surface area contributed by atoms with Gasteiger partial charge < -0.3 is 9.36 Å². The van der Waals surface area contributed by atoms with E-state index in [1.807, 2.05) is 0 Å². The van der Waals surface area contributed by atoms with Crippen LogP contribution in [0, 0.1) is 11.6 Å². The molecule has 1 aromatic carbocycles. The molecular formula is C14H12BrF2NO2. The number of halogens is 3. The van der Waals surface area contributed by atoms with Crippen LogP contribution in [0.5, 0.6) is 0 Å². The van der Waals surface area contributed by atoms with Gasteiger partial charge in [-0.2, -0.15) is 0 Å². The minimum atomic E-state index is -1.15. The molecule has 0 fully saturated rings. The summed E-state index contributed by atoms with van der Waals surface area (Å²) in [5, 5.41) is 0.0691. The largest absolute Gasteiger partial charge is 0.315 e. The van der Waals surface area contributed by atoms with Crippen molar-refractivity contribution in [3.05, 3.63) is 44.8 Å². The van der Waals surface area contributed by atoms with Gasteiger partial charge in [0.05, 0.1) is 9.86 Å². The Labute approximate surface area is 122 Å². The average Bonchev–Trinajstić information content (AvgIpc) is 2.38. The number of rotatable bonds is 4. The first kappa shape index (κ1) is 14.8. The summed E-state index contributed by atoms with van der Waals surface area (Å²) in [5.74, 6) is -2.20. The van der Waals surface area contributed by atoms with Crippen LogP contribution in [0.1, 0.15) is 19.8 Å². The van der Waals surface area contributed by atoms with E-state index in [0.717, 1.165) is 0 Å². The Morgan fingerprint density at radius 1 is 1.35 bits per heavy atom. The number of ketones is 1. The third-order valence-corrected chi connectivity index (χ3v) is 3.61. The molecule has 0 N–H and O–H groups in total. The molecule has 0 unspecified atom stereocenters. The van der Waals surface area contributed by atoms with E-state index >= 15 is 0 Å². The zero-order valence-electron chi connectivity index (χ0n) is 10.8. The highest BCUT2D eigenvalue weighted by Crippen LogP contribution is 2.25. The number of aryl methyl sites for hydroxylation is 1. The summed E-state index contributed by atoms with van der Waals surface area (Å²) in [6.45, 7) is 1.77. The number of carbonyl (C=O) groups is 1. The first-order valence-corrected chi connectivity index (χ1v) is 6.87. The lowest BCUT2D eigenvalue weighted by Gasteiger charge is -2.08. The normalized spacial score (nSPS) is 11.0. The summed E-state index contributed by atoms with van der Waals surface area (Å²) in [7, 11) is 0. The molecule has 0 saturated carbocycles. The van der Waals surface area contributed by atoms with Crippen molar-refractivity contribution in [1.82, 2.24) is 4.57 Å². The van der Waals surface area contributed by atoms with Crippen LogP contribution in [0.15, 0.2) is 27.6 Å². The fraction of sp³-hybridized carbons (Fsp3) is 0.286. The Kier molecular flexibility index (Phi) is 4.32. The molecule has 6 heteroatoms. The van der Waals surface area contributed by atoms with E-state index in [1.54, 1.807) is 6.07 Å². The SMILES string of the molecule is CC(=O)CCCn1ccc2cc(Br)c(F)c(F)c2c1=O. The fourth-order valence-electron chi connectivity index (χ4n) is 2.02. The molecule has 0 aliphatic heterocycles. The predicted molar refractivity (Wildman–Crippen MR) is 75.7 cm³/mol. The van der Waals surface area contributed by atoms with Gasteiger partial charge in [0.25, 0.3) is 5.56 Å². The third kappa shape index (κ3) is 2.80. The van der Waals surface area contributed by atoms with Crippen molar-refractivity contribution in [3.63, 3.8) is 0 Å². The summed E-state index contributed by atoms with van der Waals surface area (Å²) in [5.41, 5.74) is -0.588. The van der Waals surface area contributed by atoms with Gasteiger partial charge in [-0.05, 0) is 46.8 Å². The topological polar surface area (TPSA) is 39.1 Å². The highest BCUT2D eigenvalue weighted by molar-refractivity contribution is 9.10. The maximum Gasteiger partial charge on any atom is 0.261 e. The summed E-state index contributed by atoms with van der Waals surface area (Å²) >= 11 is 2.91. The van der Waals surface area contributed by atoms with E-state index in [-0.39, 0.29) is 15.6 Å². The number of aromatic nitrogens is 1. The van der Waals surface area contributed by atoms with Crippen molar-refractivity contribution in [3.8, 4) is 0 Å². The molecule has 3 nitrogen and oxygen atoms in total. The number of carbonyl (C=O) groups excluding carboxylic acids is 1. The van der Waals surface area contributed by atoms with Crippen molar-refractivity contribution in [2.75, 3.05) is 0 Å². The van der Waals surface area contributed by atoms with Crippen molar-refractivity contribution < 1.29 is 13.6 Å². The Hall–Kier alpha value is -1.56. The van der Waals surface area contributed by atoms with Crippen LogP contribution in [0.2, 0.25) is 0 Å². The van der Waals surface area contributed by atoms with E-state index in [0.29, 0.717) is 24.8 Å². The molecule has 2 rings (SSSR count). The second kappa shape index (κ2) is 5.83. The number of fused-ring (bicyclic) bond motifs is 1. The zero-order chi connectivity index (χ0) is 14.9. The standard InChI is InChI=1S/C14H12BrF2NO2/c1-8(19)3-2-5-18-6-4-9-7-10(15)12(16)13(17)11(9)14(18)20/h4,6-7H,2-3,5H2,1H3. The van der Waals surface area contributed by atoms with Crippen LogP contribution < -0.4 is 5.56 Å². The van der Waals surface area contributed by atoms with Crippen LogP contribution in [0.25, 0.3) is 10.8 Å². The number of benzene rings is 1. The van der Waals surface area contributed by atoms with Gasteiger partial charge in [0.1, 0.15) is 5.78 Å². The van der Waals surface area contributed by atoms with Gasteiger partial charge in [-0.3, -0.25) is 4.79 Å². The van der Waals surface area contributed by atoms with Crippen molar-refractivity contribution in [2.45, 2.75) is 26.3 Å². The minimum absolute atomic E-state index is 0.0174. The Balaban J connectivity index is 2.48. The van der Waals surface area contributed by atoms with Crippen LogP contribution in [0.3, 0.4) is 0 Å². The van der Waals surface area contributed by atoms with E-state index in [1.165, 1.54) is 23.8 Å². The summed E-state index contributed by atoms with van der Waals surface area (Å²) in [6.07, 6.45) is 2.36. The lowest BCUT2D eigenvalue weighted by molar-refractivity contribution is -0.117. The molecule has 0 radical (unpaired) electrons. The number of pyridine rings is 1. The Bertz CT molecular complexity index is 740. The summed E-state index contributed by atoms with van der Waals surface area (Å²) < 4.78 is 28.7. The minimum Gasteiger partial charge on any atom is -0.315 e. The maximum absolute atomic E-state index is 13.9. The molecular weight excluding hydrogens is 332 g/mol. The smallest absolute Gasteiger partial charge is 0.261 e. The summed E-state index contributed by atoms with van der Waals surface area (Å²) in [4.78, 5) is 23.0. The van der Waals surface area contributed by atoms with Crippen LogP contribution in [-0.4, -0.2) is 10.4 Å². The zero-order valence-corrected chi connectivity index (χ0v) is 12.3. The van der Waals surface area contributed by atoms with Gasteiger partial charge in [-0.25, -0.2) is 8.78 Å². The average molecular weight is 344 g/mol. The van der Waals surface area contributed by atoms with Crippen LogP contribution in [0.4, 0.5) is 8.78 Å². The highest BCUT2D eigenvalue weighted by Gasteiger charge is 2.15. The molecule has 106 valence electrons. The van der Waals surface area contributed by atoms with E-state index < -0.39 is 17.2 Å². The predicted octanol–water partition coefficient (Wildman–Crippen LogP) is 3.41. The van der Waals surface area contributed by atoms with Gasteiger partial charge in [0, 0.05) is 19.2 Å². The van der Waals surface area contributed by atoms with Gasteiger partial charge in [-0.15, -0.1) is 0 Å². The number of Topliss-reactive ketones (excluding diaryl/α,β-unsaturated/α-hetero) is 1. The number of hydrogen-bond donors (Lipinski definition) is 0. The highest BCUT2D eigenvalue weighted by atomic mass is 79.9. The first-order chi connectivity index (χ1) is 9.41. The molecule has 0 bridgehead atoms. The Morgan fingerprint density at radius 3 is 2.70 bits per heavy atom. The van der Waals surface area contributed by atoms with Crippen LogP contribution in [-0.2, 0) is 11.3 Å². The van der Waals surface area contributed by atoms with Gasteiger partial charge in [0.2, 0.25) is 0 Å². The van der Waals surface area contributed by atoms with Gasteiger partial charge in [-0.1, -0.05) is 0 Å². The molecule has 2 aromatic rings. The van der Waals surface area contributed by atoms with Crippen molar-refractivity contribution >= 4 is 32.5 Å². The van der Waals surface area contributed by atoms with E-state index in [9.17, 15) is 18.4 Å². The lowest BCUT2D eigenvalue weighted by Crippen LogP contribution is -2.21. The Morgan fingerprint density at radius 2 is 2.05 bits per heavy atom. The third-order valence-electron chi connectivity index (χ3n) is 3.03. The quantitative estimate of drug-likeness (QED) is 0.798. The molecule has 0 amide bonds. The second-order valence-corrected chi connectivity index (χ2v) is 5.42. The van der Waals surface area contributed by atoms with Gasteiger partial charge in [0.15, 0.2) is 11.6 Å². The van der Waals surface area contributed by atoms with Gasteiger partial charge >= 0.3 is 0 Å². The second-order valence-electron chi connectivity index (χ2n) is 4.57.